The smallest absolute Gasteiger partial charge is 0.317 e. The van der Waals surface area contributed by atoms with Gasteiger partial charge in [0.05, 0.1) is 0 Å². The second-order valence-electron chi connectivity index (χ2n) is 4.17. The Morgan fingerprint density at radius 1 is 1.35 bits per heavy atom. The third kappa shape index (κ3) is 2.13. The number of carboxylic acids is 2. The van der Waals surface area contributed by atoms with Crippen molar-refractivity contribution in [3.05, 3.63) is 34.3 Å². The van der Waals surface area contributed by atoms with Crippen molar-refractivity contribution in [3.63, 3.8) is 0 Å². The molecule has 0 amide bonds. The van der Waals surface area contributed by atoms with Crippen LogP contribution < -0.4 is 0 Å². The first-order valence-corrected chi connectivity index (χ1v) is 5.61. The molecule has 0 fully saturated rings. The maximum Gasteiger partial charge on any atom is 0.317 e. The van der Waals surface area contributed by atoms with Crippen LogP contribution in [0.2, 0.25) is 5.02 Å². The maximum absolute atomic E-state index is 10.8. The largest absolute Gasteiger partial charge is 0.481 e. The Bertz CT molecular complexity index is 469. The third-order valence-corrected chi connectivity index (χ3v) is 3.52. The minimum atomic E-state index is -1.34. The highest BCUT2D eigenvalue weighted by atomic mass is 35.5. The number of hydrogen-bond acceptors (Lipinski definition) is 2. The second kappa shape index (κ2) is 4.37. The van der Waals surface area contributed by atoms with E-state index >= 15 is 0 Å². The van der Waals surface area contributed by atoms with Crippen LogP contribution in [0.5, 0.6) is 0 Å². The Kier molecular flexibility index (Phi) is 3.07. The first-order chi connectivity index (χ1) is 8.00. The van der Waals surface area contributed by atoms with Gasteiger partial charge in [0.15, 0.2) is 5.92 Å². The van der Waals surface area contributed by atoms with Gasteiger partial charge in [-0.2, -0.15) is 0 Å². The van der Waals surface area contributed by atoms with Gasteiger partial charge in [0.2, 0.25) is 0 Å². The van der Waals surface area contributed by atoms with E-state index in [1.165, 1.54) is 0 Å². The number of aliphatic carboxylic acids is 2. The van der Waals surface area contributed by atoms with Crippen LogP contribution in [0.4, 0.5) is 0 Å². The van der Waals surface area contributed by atoms with E-state index in [1.807, 2.05) is 6.07 Å². The molecule has 4 nitrogen and oxygen atoms in total. The van der Waals surface area contributed by atoms with Crippen molar-refractivity contribution in [3.8, 4) is 0 Å². The first-order valence-electron chi connectivity index (χ1n) is 5.23. The number of carboxylic acid groups (broad SMARTS) is 2. The molecule has 1 unspecified atom stereocenters. The van der Waals surface area contributed by atoms with Crippen molar-refractivity contribution in [1.82, 2.24) is 0 Å². The van der Waals surface area contributed by atoms with Crippen LogP contribution in [-0.4, -0.2) is 22.2 Å². The van der Waals surface area contributed by atoms with Gasteiger partial charge < -0.3 is 10.2 Å². The highest BCUT2D eigenvalue weighted by Crippen LogP contribution is 2.42. The molecule has 2 N–H and O–H groups in total. The highest BCUT2D eigenvalue weighted by Gasteiger charge is 2.35. The lowest BCUT2D eigenvalue weighted by atomic mass is 9.73. The second-order valence-corrected chi connectivity index (χ2v) is 4.58. The standard InChI is InChI=1S/C12H11ClO4/c13-10-3-1-2-7-6(4-8(7)10)5-9(11(14)15)12(16)17/h1-3,6,9H,4-5H2,(H,14,15)(H,16,17). The lowest BCUT2D eigenvalue weighted by molar-refractivity contribution is -0.155. The van der Waals surface area contributed by atoms with Crippen molar-refractivity contribution < 1.29 is 19.8 Å². The van der Waals surface area contributed by atoms with Gasteiger partial charge in [0, 0.05) is 5.02 Å². The molecule has 5 heteroatoms. The average Bonchev–Trinajstić information content (AvgIpc) is 2.20. The summed E-state index contributed by atoms with van der Waals surface area (Å²) in [6, 6.07) is 5.45. The lowest BCUT2D eigenvalue weighted by Crippen LogP contribution is -2.29. The van der Waals surface area contributed by atoms with E-state index in [0.717, 1.165) is 11.1 Å². The Morgan fingerprint density at radius 3 is 2.59 bits per heavy atom. The molecule has 0 aromatic heterocycles. The monoisotopic (exact) mass is 254 g/mol. The van der Waals surface area contributed by atoms with E-state index in [4.69, 9.17) is 21.8 Å². The van der Waals surface area contributed by atoms with Gasteiger partial charge in [0.25, 0.3) is 0 Å². The van der Waals surface area contributed by atoms with Crippen LogP contribution in [0, 0.1) is 5.92 Å². The molecule has 1 aliphatic carbocycles. The highest BCUT2D eigenvalue weighted by molar-refractivity contribution is 6.31. The molecule has 17 heavy (non-hydrogen) atoms. The number of halogens is 1. The van der Waals surface area contributed by atoms with E-state index in [-0.39, 0.29) is 12.3 Å². The van der Waals surface area contributed by atoms with Gasteiger partial charge in [-0.1, -0.05) is 23.7 Å². The van der Waals surface area contributed by atoms with Gasteiger partial charge in [-0.25, -0.2) is 0 Å². The predicted octanol–water partition coefficient (Wildman–Crippen LogP) is 2.16. The number of carbonyl (C=O) groups is 2. The molecule has 0 saturated carbocycles. The summed E-state index contributed by atoms with van der Waals surface area (Å²) in [5, 5.41) is 18.3. The SMILES string of the molecule is O=C(O)C(CC1Cc2c(Cl)cccc21)C(=O)O. The van der Waals surface area contributed by atoms with Crippen molar-refractivity contribution in [2.45, 2.75) is 18.8 Å². The minimum Gasteiger partial charge on any atom is -0.481 e. The lowest BCUT2D eigenvalue weighted by Gasteiger charge is -2.32. The Balaban J connectivity index is 2.13. The van der Waals surface area contributed by atoms with Gasteiger partial charge in [-0.3, -0.25) is 9.59 Å². The van der Waals surface area contributed by atoms with E-state index in [1.54, 1.807) is 12.1 Å². The maximum atomic E-state index is 10.8. The molecule has 0 radical (unpaired) electrons. The molecule has 0 heterocycles. The average molecular weight is 255 g/mol. The van der Waals surface area contributed by atoms with Gasteiger partial charge in [-0.05, 0) is 36.0 Å². The number of fused-ring (bicyclic) bond motifs is 1. The van der Waals surface area contributed by atoms with E-state index in [0.29, 0.717) is 11.4 Å². The number of hydrogen-bond donors (Lipinski definition) is 2. The molecule has 2 rings (SSSR count). The molecule has 1 atom stereocenters. The minimum absolute atomic E-state index is 0.0131. The van der Waals surface area contributed by atoms with Crippen LogP contribution >= 0.6 is 11.6 Å². The van der Waals surface area contributed by atoms with Crippen LogP contribution in [0.3, 0.4) is 0 Å². The van der Waals surface area contributed by atoms with Gasteiger partial charge in [-0.15, -0.1) is 0 Å². The molecule has 1 aromatic rings. The zero-order chi connectivity index (χ0) is 12.6. The summed E-state index contributed by atoms with van der Waals surface area (Å²) < 4.78 is 0. The fraction of sp³-hybridized carbons (Fsp3) is 0.333. The molecular weight excluding hydrogens is 244 g/mol. The van der Waals surface area contributed by atoms with Crippen molar-refractivity contribution >= 4 is 23.5 Å². The Labute approximate surface area is 103 Å². The Morgan fingerprint density at radius 2 is 2.00 bits per heavy atom. The summed E-state index contributed by atoms with van der Waals surface area (Å²) >= 11 is 5.96. The van der Waals surface area contributed by atoms with E-state index < -0.39 is 17.9 Å². The molecule has 0 aliphatic heterocycles. The molecular formula is C12H11ClO4. The summed E-state index contributed by atoms with van der Waals surface area (Å²) in [7, 11) is 0. The van der Waals surface area contributed by atoms with Crippen molar-refractivity contribution in [1.29, 1.82) is 0 Å². The molecule has 0 saturated heterocycles. The number of rotatable bonds is 4. The molecule has 0 bridgehead atoms. The van der Waals surface area contributed by atoms with Crippen molar-refractivity contribution in [2.24, 2.45) is 5.92 Å². The quantitative estimate of drug-likeness (QED) is 0.808. The third-order valence-electron chi connectivity index (χ3n) is 3.16. The van der Waals surface area contributed by atoms with Gasteiger partial charge >= 0.3 is 11.9 Å². The van der Waals surface area contributed by atoms with Crippen LogP contribution in [0.15, 0.2) is 18.2 Å². The van der Waals surface area contributed by atoms with E-state index in [2.05, 4.69) is 0 Å². The van der Waals surface area contributed by atoms with Crippen LogP contribution in [-0.2, 0) is 16.0 Å². The molecule has 1 aliphatic rings. The van der Waals surface area contributed by atoms with Crippen molar-refractivity contribution in [2.75, 3.05) is 0 Å². The Hall–Kier alpha value is -1.55. The van der Waals surface area contributed by atoms with Crippen LogP contribution in [0.25, 0.3) is 0 Å². The van der Waals surface area contributed by atoms with Gasteiger partial charge in [0.1, 0.15) is 0 Å². The summed E-state index contributed by atoms with van der Waals surface area (Å²) in [5.74, 6) is -3.92. The topological polar surface area (TPSA) is 74.6 Å². The van der Waals surface area contributed by atoms with Crippen LogP contribution in [0.1, 0.15) is 23.5 Å². The fourth-order valence-corrected chi connectivity index (χ4v) is 2.46. The molecule has 90 valence electrons. The zero-order valence-electron chi connectivity index (χ0n) is 8.89. The summed E-state index contributed by atoms with van der Waals surface area (Å²) in [6.07, 6.45) is 0.782. The first kappa shape index (κ1) is 11.9. The summed E-state index contributed by atoms with van der Waals surface area (Å²) in [4.78, 5) is 21.6. The molecule has 0 spiro atoms. The number of benzene rings is 1. The normalized spacial score (nSPS) is 17.4. The predicted molar refractivity (Wildman–Crippen MR) is 61.3 cm³/mol. The summed E-state index contributed by atoms with van der Waals surface area (Å²) in [6.45, 7) is 0. The molecule has 1 aromatic carbocycles. The summed E-state index contributed by atoms with van der Waals surface area (Å²) in [5.41, 5.74) is 1.98. The van der Waals surface area contributed by atoms with E-state index in [9.17, 15) is 9.59 Å². The fourth-order valence-electron chi connectivity index (χ4n) is 2.20. The zero-order valence-corrected chi connectivity index (χ0v) is 9.65.